The van der Waals surface area contributed by atoms with Crippen LogP contribution in [0.5, 0.6) is 0 Å². The third-order valence-electron chi connectivity index (χ3n) is 1.98. The first-order valence-corrected chi connectivity index (χ1v) is 5.46. The van der Waals surface area contributed by atoms with Gasteiger partial charge in [-0.05, 0) is 25.1 Å². The van der Waals surface area contributed by atoms with E-state index in [9.17, 15) is 13.2 Å². The lowest BCUT2D eigenvalue weighted by Gasteiger charge is -2.04. The Balaban J connectivity index is 2.52. The Morgan fingerprint density at radius 3 is 2.71 bits per heavy atom. The monoisotopic (exact) mass is 259 g/mol. The number of halogens is 3. The lowest BCUT2D eigenvalue weighted by Crippen LogP contribution is -2.03. The third-order valence-corrected chi connectivity index (χ3v) is 2.89. The van der Waals surface area contributed by atoms with Gasteiger partial charge in [-0.15, -0.1) is 0 Å². The van der Waals surface area contributed by atoms with Crippen LogP contribution in [0.1, 0.15) is 12.5 Å². The third kappa shape index (κ3) is 2.55. The molecule has 2 rings (SSSR count). The normalized spacial score (nSPS) is 13.3. The number of aromatic nitrogens is 1. The van der Waals surface area contributed by atoms with E-state index in [-0.39, 0.29) is 0 Å². The number of amidine groups is 1. The molecule has 0 atom stereocenters. The maximum Gasteiger partial charge on any atom is 0.416 e. The predicted octanol–water partition coefficient (Wildman–Crippen LogP) is 3.32. The number of rotatable bonds is 1. The van der Waals surface area contributed by atoms with Crippen molar-refractivity contribution >= 4 is 32.5 Å². The maximum absolute atomic E-state index is 12.5. The van der Waals surface area contributed by atoms with Crippen LogP contribution in [-0.4, -0.2) is 10.8 Å². The second-order valence-electron chi connectivity index (χ2n) is 3.43. The summed E-state index contributed by atoms with van der Waals surface area (Å²) in [6, 6.07) is 3.41. The van der Waals surface area contributed by atoms with E-state index < -0.39 is 11.7 Å². The molecule has 2 aromatic rings. The van der Waals surface area contributed by atoms with Gasteiger partial charge >= 0.3 is 6.18 Å². The fourth-order valence-electron chi connectivity index (χ4n) is 1.29. The van der Waals surface area contributed by atoms with Gasteiger partial charge in [-0.3, -0.25) is 0 Å². The number of hydrogen-bond acceptors (Lipinski definition) is 3. The molecule has 0 spiro atoms. The molecule has 0 radical (unpaired) electrons. The zero-order chi connectivity index (χ0) is 12.6. The van der Waals surface area contributed by atoms with E-state index in [1.165, 1.54) is 6.07 Å². The summed E-state index contributed by atoms with van der Waals surface area (Å²) >= 11 is 1.08. The summed E-state index contributed by atoms with van der Waals surface area (Å²) in [5.74, 6) is 0.320. The number of nitrogens with two attached hydrogens (primary N) is 1. The molecule has 1 aromatic carbocycles. The van der Waals surface area contributed by atoms with Crippen LogP contribution in [0.15, 0.2) is 23.2 Å². The largest absolute Gasteiger partial charge is 0.416 e. The molecular formula is C10H8F3N3S. The molecule has 1 heterocycles. The summed E-state index contributed by atoms with van der Waals surface area (Å²) in [5.41, 5.74) is 5.18. The van der Waals surface area contributed by atoms with Gasteiger partial charge in [0.2, 0.25) is 5.13 Å². The van der Waals surface area contributed by atoms with Crippen molar-refractivity contribution in [3.8, 4) is 0 Å². The molecule has 0 saturated carbocycles. The molecule has 0 fully saturated rings. The van der Waals surface area contributed by atoms with Gasteiger partial charge in [0.15, 0.2) is 0 Å². The van der Waals surface area contributed by atoms with Crippen molar-refractivity contribution in [2.24, 2.45) is 10.7 Å². The van der Waals surface area contributed by atoms with E-state index in [1.807, 2.05) is 0 Å². The molecule has 0 aliphatic rings. The van der Waals surface area contributed by atoms with E-state index in [0.717, 1.165) is 23.5 Å². The first-order valence-electron chi connectivity index (χ1n) is 4.65. The molecule has 90 valence electrons. The molecule has 0 aliphatic carbocycles. The van der Waals surface area contributed by atoms with E-state index in [1.54, 1.807) is 6.92 Å². The Labute approximate surface area is 98.8 Å². The predicted molar refractivity (Wildman–Crippen MR) is 61.6 cm³/mol. The average Bonchev–Trinajstić information content (AvgIpc) is 2.55. The van der Waals surface area contributed by atoms with Crippen molar-refractivity contribution in [2.45, 2.75) is 13.1 Å². The van der Waals surface area contributed by atoms with E-state index in [4.69, 9.17) is 5.73 Å². The first-order chi connectivity index (χ1) is 7.86. The Hall–Kier alpha value is -1.63. The molecule has 0 saturated heterocycles. The summed E-state index contributed by atoms with van der Waals surface area (Å²) in [6.45, 7) is 1.59. The number of benzene rings is 1. The molecule has 17 heavy (non-hydrogen) atoms. The van der Waals surface area contributed by atoms with Crippen molar-refractivity contribution in [2.75, 3.05) is 0 Å². The van der Waals surface area contributed by atoms with Crippen LogP contribution < -0.4 is 5.73 Å². The van der Waals surface area contributed by atoms with Crippen LogP contribution in [-0.2, 0) is 6.18 Å². The van der Waals surface area contributed by atoms with Crippen molar-refractivity contribution in [1.29, 1.82) is 0 Å². The lowest BCUT2D eigenvalue weighted by atomic mass is 10.2. The standard InChI is InChI=1S/C10H8F3N3S/c1-5(14)15-9-16-7-3-2-6(10(11,12)13)4-8(7)17-9/h2-4H,1H3,(H2,14,15,16). The molecule has 2 N–H and O–H groups in total. The van der Waals surface area contributed by atoms with Gasteiger partial charge in [-0.2, -0.15) is 13.2 Å². The quantitative estimate of drug-likeness (QED) is 0.631. The Morgan fingerprint density at radius 1 is 1.41 bits per heavy atom. The number of hydrogen-bond donors (Lipinski definition) is 1. The van der Waals surface area contributed by atoms with E-state index in [0.29, 0.717) is 21.2 Å². The van der Waals surface area contributed by atoms with E-state index >= 15 is 0 Å². The number of fused-ring (bicyclic) bond motifs is 1. The minimum absolute atomic E-state index is 0.320. The van der Waals surface area contributed by atoms with E-state index in [2.05, 4.69) is 9.98 Å². The van der Waals surface area contributed by atoms with Gasteiger partial charge in [-0.25, -0.2) is 9.98 Å². The molecule has 0 unspecified atom stereocenters. The summed E-state index contributed by atoms with van der Waals surface area (Å²) in [5, 5.41) is 0.360. The highest BCUT2D eigenvalue weighted by Crippen LogP contribution is 2.34. The molecular weight excluding hydrogens is 251 g/mol. The number of alkyl halides is 3. The molecule has 1 aromatic heterocycles. The highest BCUT2D eigenvalue weighted by atomic mass is 32.1. The van der Waals surface area contributed by atoms with Gasteiger partial charge in [0, 0.05) is 0 Å². The molecule has 3 nitrogen and oxygen atoms in total. The summed E-state index contributed by atoms with van der Waals surface area (Å²) in [6.07, 6.45) is -4.34. The summed E-state index contributed by atoms with van der Waals surface area (Å²) in [7, 11) is 0. The van der Waals surface area contributed by atoms with Crippen molar-refractivity contribution < 1.29 is 13.2 Å². The average molecular weight is 259 g/mol. The van der Waals surface area contributed by atoms with Crippen LogP contribution in [0.4, 0.5) is 18.3 Å². The Kier molecular flexibility index (Phi) is 2.78. The SMILES string of the molecule is C/C(N)=N\c1nc2ccc(C(F)(F)F)cc2s1. The molecule has 7 heteroatoms. The Morgan fingerprint density at radius 2 is 2.12 bits per heavy atom. The zero-order valence-corrected chi connectivity index (χ0v) is 9.56. The maximum atomic E-state index is 12.5. The summed E-state index contributed by atoms with van der Waals surface area (Å²) < 4.78 is 37.9. The highest BCUT2D eigenvalue weighted by molar-refractivity contribution is 7.22. The zero-order valence-electron chi connectivity index (χ0n) is 8.75. The summed E-state index contributed by atoms with van der Waals surface area (Å²) in [4.78, 5) is 7.97. The van der Waals surface area contributed by atoms with Crippen LogP contribution in [0.2, 0.25) is 0 Å². The van der Waals surface area contributed by atoms with Crippen molar-refractivity contribution in [3.05, 3.63) is 23.8 Å². The molecule has 0 amide bonds. The van der Waals surface area contributed by atoms with Crippen LogP contribution in [0, 0.1) is 0 Å². The van der Waals surface area contributed by atoms with Crippen molar-refractivity contribution in [1.82, 2.24) is 4.98 Å². The van der Waals surface area contributed by atoms with Gasteiger partial charge in [0.25, 0.3) is 0 Å². The van der Waals surface area contributed by atoms with Crippen LogP contribution in [0.25, 0.3) is 10.2 Å². The highest BCUT2D eigenvalue weighted by Gasteiger charge is 2.30. The van der Waals surface area contributed by atoms with Gasteiger partial charge < -0.3 is 5.73 Å². The van der Waals surface area contributed by atoms with Gasteiger partial charge in [0.1, 0.15) is 0 Å². The minimum Gasteiger partial charge on any atom is -0.387 e. The van der Waals surface area contributed by atoms with Gasteiger partial charge in [-0.1, -0.05) is 11.3 Å². The first kappa shape index (κ1) is 11.8. The number of thiazole rings is 1. The smallest absolute Gasteiger partial charge is 0.387 e. The molecule has 0 aliphatic heterocycles. The topological polar surface area (TPSA) is 51.3 Å². The fourth-order valence-corrected chi connectivity index (χ4v) is 2.22. The molecule has 0 bridgehead atoms. The van der Waals surface area contributed by atoms with Crippen LogP contribution in [0.3, 0.4) is 0 Å². The second kappa shape index (κ2) is 3.99. The van der Waals surface area contributed by atoms with Gasteiger partial charge in [0.05, 0.1) is 21.6 Å². The second-order valence-corrected chi connectivity index (χ2v) is 4.44. The minimum atomic E-state index is -4.34. The number of nitrogens with zero attached hydrogens (tertiary/aromatic N) is 2. The lowest BCUT2D eigenvalue weighted by molar-refractivity contribution is -0.137. The number of aliphatic imine (C=N–C) groups is 1. The van der Waals surface area contributed by atoms with Crippen molar-refractivity contribution in [3.63, 3.8) is 0 Å². The Bertz CT molecular complexity index is 582. The van der Waals surface area contributed by atoms with Crippen LogP contribution >= 0.6 is 11.3 Å². The fraction of sp³-hybridized carbons (Fsp3) is 0.200.